The number of carbonyl (C=O) groups is 1. The Bertz CT molecular complexity index is 526. The van der Waals surface area contributed by atoms with E-state index < -0.39 is 17.6 Å². The molecule has 1 N–H and O–H groups in total. The van der Waals surface area contributed by atoms with Crippen LogP contribution in [0.25, 0.3) is 6.08 Å². The van der Waals surface area contributed by atoms with Gasteiger partial charge in [0.05, 0.1) is 10.0 Å². The molecule has 1 aromatic rings. The zero-order valence-electron chi connectivity index (χ0n) is 9.63. The number of hydrogen-bond acceptors (Lipinski definition) is 2. The summed E-state index contributed by atoms with van der Waals surface area (Å²) in [7, 11) is 0. The summed E-state index contributed by atoms with van der Waals surface area (Å²) in [5.41, 5.74) is -3.24. The van der Waals surface area contributed by atoms with Gasteiger partial charge in [-0.3, -0.25) is 4.79 Å². The van der Waals surface area contributed by atoms with Crippen LogP contribution in [0.3, 0.4) is 0 Å². The molecule has 0 bridgehead atoms. The van der Waals surface area contributed by atoms with Crippen molar-refractivity contribution in [3.63, 3.8) is 0 Å². The minimum absolute atomic E-state index is 0.155. The van der Waals surface area contributed by atoms with Crippen LogP contribution in [0.2, 0.25) is 10.0 Å². The Labute approximate surface area is 117 Å². The molecular weight excluding hydrogens is 304 g/mol. The third-order valence-electron chi connectivity index (χ3n) is 2.43. The van der Waals surface area contributed by atoms with E-state index in [0.29, 0.717) is 13.0 Å². The monoisotopic (exact) mass is 312 g/mol. The molecule has 1 unspecified atom stereocenters. The van der Waals surface area contributed by atoms with Crippen LogP contribution in [0.15, 0.2) is 24.3 Å². The van der Waals surface area contributed by atoms with Crippen molar-refractivity contribution in [3.8, 4) is 0 Å². The molecule has 0 aliphatic carbocycles. The molecule has 1 atom stereocenters. The SMILES string of the molecule is CC(=O)C(O)(/C=C/c1ccc(Cl)c(Cl)c1)C(F)(F)F. The molecule has 0 amide bonds. The van der Waals surface area contributed by atoms with Crippen molar-refractivity contribution >= 4 is 35.1 Å². The molecular formula is C12H9Cl2F3O2. The van der Waals surface area contributed by atoms with E-state index in [1.807, 2.05) is 0 Å². The van der Waals surface area contributed by atoms with Crippen molar-refractivity contribution in [1.82, 2.24) is 0 Å². The van der Waals surface area contributed by atoms with Crippen molar-refractivity contribution in [2.24, 2.45) is 0 Å². The highest BCUT2D eigenvalue weighted by Gasteiger charge is 2.55. The maximum Gasteiger partial charge on any atom is 0.428 e. The summed E-state index contributed by atoms with van der Waals surface area (Å²) in [5, 5.41) is 9.79. The van der Waals surface area contributed by atoms with Crippen LogP contribution in [0.4, 0.5) is 13.2 Å². The first-order chi connectivity index (χ1) is 8.58. The number of hydrogen-bond donors (Lipinski definition) is 1. The van der Waals surface area contributed by atoms with Crippen LogP contribution in [-0.2, 0) is 4.79 Å². The Hall–Kier alpha value is -1.04. The Balaban J connectivity index is 3.13. The maximum absolute atomic E-state index is 12.6. The summed E-state index contributed by atoms with van der Waals surface area (Å²) < 4.78 is 37.9. The molecule has 1 rings (SSSR count). The molecule has 0 radical (unpaired) electrons. The Morgan fingerprint density at radius 3 is 2.26 bits per heavy atom. The van der Waals surface area contributed by atoms with Gasteiger partial charge in [-0.1, -0.05) is 35.3 Å². The second-order valence-corrected chi connectivity index (χ2v) is 4.64. The highest BCUT2D eigenvalue weighted by atomic mass is 35.5. The lowest BCUT2D eigenvalue weighted by Crippen LogP contribution is -2.49. The molecule has 0 aliphatic heterocycles. The lowest BCUT2D eigenvalue weighted by Gasteiger charge is -2.24. The predicted octanol–water partition coefficient (Wildman–Crippen LogP) is 3.89. The van der Waals surface area contributed by atoms with Crippen molar-refractivity contribution in [2.45, 2.75) is 18.7 Å². The molecule has 0 fully saturated rings. The summed E-state index contributed by atoms with van der Waals surface area (Å²) in [5.74, 6) is -1.42. The molecule has 1 aromatic carbocycles. The molecule has 0 heterocycles. The number of alkyl halides is 3. The average molecular weight is 313 g/mol. The maximum atomic E-state index is 12.6. The number of halogens is 5. The lowest BCUT2D eigenvalue weighted by molar-refractivity contribution is -0.232. The molecule has 0 saturated heterocycles. The van der Waals surface area contributed by atoms with Crippen LogP contribution in [0.5, 0.6) is 0 Å². The standard InChI is InChI=1S/C12H9Cl2F3O2/c1-7(18)11(19,12(15,16)17)5-4-8-2-3-9(13)10(14)6-8/h2-6,19H,1H3/b5-4+. The van der Waals surface area contributed by atoms with Crippen molar-refractivity contribution in [3.05, 3.63) is 39.9 Å². The molecule has 7 heteroatoms. The van der Waals surface area contributed by atoms with Gasteiger partial charge in [-0.15, -0.1) is 0 Å². The first-order valence-corrected chi connectivity index (χ1v) is 5.78. The smallest absolute Gasteiger partial charge is 0.370 e. The number of rotatable bonds is 3. The Kier molecular flexibility index (Phi) is 4.66. The molecule has 0 spiro atoms. The van der Waals surface area contributed by atoms with Gasteiger partial charge in [-0.25, -0.2) is 0 Å². The molecule has 2 nitrogen and oxygen atoms in total. The van der Waals surface area contributed by atoms with Gasteiger partial charge in [0.2, 0.25) is 5.60 Å². The highest BCUT2D eigenvalue weighted by molar-refractivity contribution is 6.42. The number of carbonyl (C=O) groups excluding carboxylic acids is 1. The summed E-state index contributed by atoms with van der Waals surface area (Å²) in [6, 6.07) is 4.11. The number of benzene rings is 1. The quantitative estimate of drug-likeness (QED) is 0.919. The van der Waals surface area contributed by atoms with Crippen LogP contribution >= 0.6 is 23.2 Å². The van der Waals surface area contributed by atoms with E-state index in [1.54, 1.807) is 0 Å². The van der Waals surface area contributed by atoms with E-state index in [1.165, 1.54) is 18.2 Å². The van der Waals surface area contributed by atoms with Gasteiger partial charge >= 0.3 is 6.18 Å². The second-order valence-electron chi connectivity index (χ2n) is 3.83. The summed E-state index contributed by atoms with van der Waals surface area (Å²) in [6.45, 7) is 0.659. The van der Waals surface area contributed by atoms with Gasteiger partial charge in [0, 0.05) is 0 Å². The molecule has 0 saturated carbocycles. The average Bonchev–Trinajstić information content (AvgIpc) is 2.28. The fraction of sp³-hybridized carbons (Fsp3) is 0.250. The van der Waals surface area contributed by atoms with E-state index in [9.17, 15) is 23.1 Å². The molecule has 0 aliphatic rings. The first kappa shape index (κ1) is 16.0. The third-order valence-corrected chi connectivity index (χ3v) is 3.17. The Morgan fingerprint density at radius 2 is 1.84 bits per heavy atom. The van der Waals surface area contributed by atoms with Crippen LogP contribution in [-0.4, -0.2) is 22.7 Å². The van der Waals surface area contributed by atoms with E-state index in [0.717, 1.165) is 6.08 Å². The molecule has 104 valence electrons. The second kappa shape index (κ2) is 5.53. The van der Waals surface area contributed by atoms with Crippen LogP contribution in [0.1, 0.15) is 12.5 Å². The van der Waals surface area contributed by atoms with Gasteiger partial charge in [-0.2, -0.15) is 13.2 Å². The fourth-order valence-electron chi connectivity index (χ4n) is 1.24. The van der Waals surface area contributed by atoms with Gasteiger partial charge in [0.1, 0.15) is 0 Å². The summed E-state index contributed by atoms with van der Waals surface area (Å²) in [6.07, 6.45) is -3.75. The topological polar surface area (TPSA) is 37.3 Å². The van der Waals surface area contributed by atoms with Crippen LogP contribution < -0.4 is 0 Å². The van der Waals surface area contributed by atoms with E-state index >= 15 is 0 Å². The fourth-order valence-corrected chi connectivity index (χ4v) is 1.55. The Morgan fingerprint density at radius 1 is 1.26 bits per heavy atom. The summed E-state index contributed by atoms with van der Waals surface area (Å²) >= 11 is 11.4. The van der Waals surface area contributed by atoms with Crippen molar-refractivity contribution in [1.29, 1.82) is 0 Å². The summed E-state index contributed by atoms with van der Waals surface area (Å²) in [4.78, 5) is 11.0. The predicted molar refractivity (Wildman–Crippen MR) is 67.2 cm³/mol. The minimum Gasteiger partial charge on any atom is -0.370 e. The van der Waals surface area contributed by atoms with Gasteiger partial charge in [-0.05, 0) is 30.7 Å². The van der Waals surface area contributed by atoms with Crippen LogP contribution in [0, 0.1) is 0 Å². The van der Waals surface area contributed by atoms with Gasteiger partial charge in [0.25, 0.3) is 0 Å². The lowest BCUT2D eigenvalue weighted by atomic mass is 9.97. The van der Waals surface area contributed by atoms with E-state index in [-0.39, 0.29) is 15.6 Å². The minimum atomic E-state index is -5.09. The number of Topliss-reactive ketones (excluding diaryl/α,β-unsaturated/α-hetero) is 1. The largest absolute Gasteiger partial charge is 0.428 e. The van der Waals surface area contributed by atoms with Crippen molar-refractivity contribution < 1.29 is 23.1 Å². The zero-order valence-corrected chi connectivity index (χ0v) is 11.1. The number of aliphatic hydroxyl groups is 1. The normalized spacial score (nSPS) is 15.5. The van der Waals surface area contributed by atoms with Gasteiger partial charge < -0.3 is 5.11 Å². The highest BCUT2D eigenvalue weighted by Crippen LogP contribution is 2.33. The third kappa shape index (κ3) is 3.49. The first-order valence-electron chi connectivity index (χ1n) is 5.02. The van der Waals surface area contributed by atoms with Crippen molar-refractivity contribution in [2.75, 3.05) is 0 Å². The molecule has 19 heavy (non-hydrogen) atoms. The van der Waals surface area contributed by atoms with E-state index in [4.69, 9.17) is 23.2 Å². The molecule has 0 aromatic heterocycles. The van der Waals surface area contributed by atoms with Gasteiger partial charge in [0.15, 0.2) is 5.78 Å². The number of ketones is 1. The van der Waals surface area contributed by atoms with E-state index in [2.05, 4.69) is 0 Å². The zero-order chi connectivity index (χ0) is 14.8.